The van der Waals surface area contributed by atoms with Crippen LogP contribution in [-0.4, -0.2) is 20.6 Å². The summed E-state index contributed by atoms with van der Waals surface area (Å²) in [4.78, 5) is 1.34. The van der Waals surface area contributed by atoms with Gasteiger partial charge in [-0.25, -0.2) is 0 Å². The topological polar surface area (TPSA) is 56.2 Å². The van der Waals surface area contributed by atoms with Gasteiger partial charge in [0.25, 0.3) is 0 Å². The molecule has 0 amide bonds. The largest absolute Gasteiger partial charge is 0.326 e. The highest BCUT2D eigenvalue weighted by Crippen LogP contribution is 2.41. The second-order valence-electron chi connectivity index (χ2n) is 4.99. The molecule has 0 bridgehead atoms. The van der Waals surface area contributed by atoms with Crippen LogP contribution in [0.25, 0.3) is 5.65 Å². The molecule has 3 heterocycles. The van der Waals surface area contributed by atoms with Crippen LogP contribution in [0.4, 0.5) is 0 Å². The molecule has 110 valence electrons. The zero-order chi connectivity index (χ0) is 14.8. The van der Waals surface area contributed by atoms with Crippen molar-refractivity contribution >= 4 is 28.7 Å². The zero-order valence-electron chi connectivity index (χ0n) is 12.1. The first-order chi connectivity index (χ1) is 10.2. The number of nitrogens with two attached hydrogens (primary N) is 1. The molecule has 0 radical (unpaired) electrons. The molecule has 0 aromatic carbocycles. The number of pyridine rings is 1. The van der Waals surface area contributed by atoms with E-state index in [1.165, 1.54) is 10.4 Å². The Bertz CT molecular complexity index is 734. The Morgan fingerprint density at radius 2 is 2.19 bits per heavy atom. The molecule has 0 aliphatic carbocycles. The van der Waals surface area contributed by atoms with Gasteiger partial charge in [0.2, 0.25) is 0 Å². The van der Waals surface area contributed by atoms with Crippen LogP contribution >= 0.6 is 23.1 Å². The van der Waals surface area contributed by atoms with E-state index in [4.69, 9.17) is 5.73 Å². The molecule has 0 fully saturated rings. The quantitative estimate of drug-likeness (QED) is 0.729. The lowest BCUT2D eigenvalue weighted by molar-refractivity contribution is 0.636. The number of fused-ring (bicyclic) bond motifs is 1. The van der Waals surface area contributed by atoms with E-state index in [0.29, 0.717) is 0 Å². The van der Waals surface area contributed by atoms with Crippen LogP contribution in [0.5, 0.6) is 0 Å². The first-order valence-electron chi connectivity index (χ1n) is 6.96. The van der Waals surface area contributed by atoms with Crippen LogP contribution in [0.2, 0.25) is 0 Å². The zero-order valence-corrected chi connectivity index (χ0v) is 13.7. The molecule has 0 aliphatic rings. The molecule has 3 aromatic heterocycles. The van der Waals surface area contributed by atoms with Gasteiger partial charge in [-0.3, -0.25) is 4.40 Å². The van der Waals surface area contributed by atoms with Gasteiger partial charge >= 0.3 is 0 Å². The smallest absolute Gasteiger partial charge is 0.196 e. The second kappa shape index (κ2) is 6.17. The van der Waals surface area contributed by atoms with Crippen molar-refractivity contribution in [3.63, 3.8) is 0 Å². The fourth-order valence-electron chi connectivity index (χ4n) is 2.24. The normalized spacial score (nSPS) is 14.4. The van der Waals surface area contributed by atoms with Crippen molar-refractivity contribution in [2.75, 3.05) is 0 Å². The maximum atomic E-state index is 6.37. The van der Waals surface area contributed by atoms with Crippen molar-refractivity contribution in [3.05, 3.63) is 46.3 Å². The van der Waals surface area contributed by atoms with Gasteiger partial charge in [-0.05, 0) is 42.5 Å². The summed E-state index contributed by atoms with van der Waals surface area (Å²) in [5, 5.41) is 11.8. The summed E-state index contributed by atoms with van der Waals surface area (Å²) in [6, 6.07) is 8.17. The molecule has 2 atom stereocenters. The van der Waals surface area contributed by atoms with Gasteiger partial charge < -0.3 is 5.73 Å². The average molecular weight is 318 g/mol. The minimum absolute atomic E-state index is 0.100. The molecule has 0 aliphatic heterocycles. The van der Waals surface area contributed by atoms with Crippen molar-refractivity contribution in [3.8, 4) is 0 Å². The Balaban J connectivity index is 1.97. The molecule has 0 saturated heterocycles. The number of thiophene rings is 1. The fourth-order valence-corrected chi connectivity index (χ4v) is 4.77. The molecule has 4 nitrogen and oxygen atoms in total. The summed E-state index contributed by atoms with van der Waals surface area (Å²) < 4.78 is 2.02. The van der Waals surface area contributed by atoms with E-state index in [2.05, 4.69) is 35.5 Å². The average Bonchev–Trinajstić information content (AvgIpc) is 3.10. The van der Waals surface area contributed by atoms with Gasteiger partial charge in [0, 0.05) is 17.1 Å². The van der Waals surface area contributed by atoms with Crippen LogP contribution in [-0.2, 0) is 0 Å². The second-order valence-corrected chi connectivity index (χ2v) is 7.05. The van der Waals surface area contributed by atoms with Crippen LogP contribution < -0.4 is 5.73 Å². The van der Waals surface area contributed by atoms with Gasteiger partial charge in [-0.15, -0.1) is 21.5 Å². The lowest BCUT2D eigenvalue weighted by atomic mass is 10.1. The van der Waals surface area contributed by atoms with E-state index in [1.54, 1.807) is 23.1 Å². The van der Waals surface area contributed by atoms with Gasteiger partial charge in [-0.2, -0.15) is 0 Å². The van der Waals surface area contributed by atoms with Crippen LogP contribution in [0, 0.1) is 6.92 Å². The molecule has 2 unspecified atom stereocenters. The summed E-state index contributed by atoms with van der Waals surface area (Å²) in [5.41, 5.74) is 8.53. The third kappa shape index (κ3) is 2.84. The monoisotopic (exact) mass is 318 g/mol. The highest BCUT2D eigenvalue weighted by Gasteiger charge is 2.24. The molecule has 0 saturated carbocycles. The number of rotatable bonds is 5. The molecule has 3 rings (SSSR count). The molecule has 6 heteroatoms. The van der Waals surface area contributed by atoms with E-state index < -0.39 is 0 Å². The molecule has 21 heavy (non-hydrogen) atoms. The van der Waals surface area contributed by atoms with Crippen molar-refractivity contribution < 1.29 is 0 Å². The van der Waals surface area contributed by atoms with Crippen molar-refractivity contribution in [2.24, 2.45) is 5.73 Å². The Morgan fingerprint density at radius 3 is 2.90 bits per heavy atom. The highest BCUT2D eigenvalue weighted by molar-refractivity contribution is 7.99. The molecule has 3 aromatic rings. The first kappa shape index (κ1) is 14.6. The summed E-state index contributed by atoms with van der Waals surface area (Å²) in [6.45, 7) is 4.27. The number of nitrogens with zero attached hydrogens (tertiary/aromatic N) is 3. The van der Waals surface area contributed by atoms with Crippen LogP contribution in [0.1, 0.15) is 29.0 Å². The number of hydrogen-bond acceptors (Lipinski definition) is 5. The van der Waals surface area contributed by atoms with E-state index in [1.807, 2.05) is 28.8 Å². The van der Waals surface area contributed by atoms with Crippen LogP contribution in [0.15, 0.2) is 41.0 Å². The lowest BCUT2D eigenvalue weighted by Crippen LogP contribution is -2.25. The van der Waals surface area contributed by atoms with Gasteiger partial charge in [0.15, 0.2) is 10.8 Å². The van der Waals surface area contributed by atoms with Gasteiger partial charge in [0.1, 0.15) is 0 Å². The molecule has 2 N–H and O–H groups in total. The summed E-state index contributed by atoms with van der Waals surface area (Å²) in [5.74, 6) is 0. The first-order valence-corrected chi connectivity index (χ1v) is 8.72. The van der Waals surface area contributed by atoms with Crippen LogP contribution in [0.3, 0.4) is 0 Å². The number of thioether (sulfide) groups is 1. The van der Waals surface area contributed by atoms with Gasteiger partial charge in [-0.1, -0.05) is 24.8 Å². The SMILES string of the molecule is CCC(N)C(Sc1nnc2ccccn12)c1sccc1C. The lowest BCUT2D eigenvalue weighted by Gasteiger charge is -2.21. The summed E-state index contributed by atoms with van der Waals surface area (Å²) in [6.07, 6.45) is 2.93. The Labute approximate surface area is 132 Å². The molecular weight excluding hydrogens is 300 g/mol. The van der Waals surface area contributed by atoms with Crippen molar-refractivity contribution in [1.82, 2.24) is 14.6 Å². The summed E-state index contributed by atoms with van der Waals surface area (Å²) >= 11 is 3.47. The third-order valence-corrected chi connectivity index (χ3v) is 6.11. The maximum absolute atomic E-state index is 6.37. The minimum Gasteiger partial charge on any atom is -0.326 e. The highest BCUT2D eigenvalue weighted by atomic mass is 32.2. The van der Waals surface area contributed by atoms with E-state index in [0.717, 1.165) is 17.2 Å². The fraction of sp³-hybridized carbons (Fsp3) is 0.333. The van der Waals surface area contributed by atoms with E-state index in [9.17, 15) is 0 Å². The molecular formula is C15H18N4S2. The standard InChI is InChI=1S/C15H18N4S2/c1-3-11(16)14(13-10(2)7-9-20-13)21-15-18-17-12-6-4-5-8-19(12)15/h4-9,11,14H,3,16H2,1-2H3. The number of aryl methyl sites for hydroxylation is 1. The Morgan fingerprint density at radius 1 is 1.33 bits per heavy atom. The van der Waals surface area contributed by atoms with Crippen molar-refractivity contribution in [1.29, 1.82) is 0 Å². The summed E-state index contributed by atoms with van der Waals surface area (Å²) in [7, 11) is 0. The Kier molecular flexibility index (Phi) is 4.28. The maximum Gasteiger partial charge on any atom is 0.196 e. The van der Waals surface area contributed by atoms with Gasteiger partial charge in [0.05, 0.1) is 5.25 Å². The third-order valence-electron chi connectivity index (χ3n) is 3.54. The number of hydrogen-bond donors (Lipinski definition) is 1. The predicted octanol–water partition coefficient (Wildman–Crippen LogP) is 3.67. The minimum atomic E-state index is 0.100. The molecule has 0 spiro atoms. The Hall–Kier alpha value is -1.37. The number of aromatic nitrogens is 3. The predicted molar refractivity (Wildman–Crippen MR) is 88.9 cm³/mol. The van der Waals surface area contributed by atoms with E-state index in [-0.39, 0.29) is 11.3 Å². The van der Waals surface area contributed by atoms with Crippen molar-refractivity contribution in [2.45, 2.75) is 36.7 Å². The van der Waals surface area contributed by atoms with E-state index >= 15 is 0 Å².